The lowest BCUT2D eigenvalue weighted by molar-refractivity contribution is 0.145. The summed E-state index contributed by atoms with van der Waals surface area (Å²) in [5.41, 5.74) is 2.67. The number of aryl methyl sites for hydroxylation is 2. The van der Waals surface area contributed by atoms with Crippen LogP contribution in [0, 0.1) is 6.92 Å². The van der Waals surface area contributed by atoms with Gasteiger partial charge in [-0.1, -0.05) is 44.2 Å². The maximum absolute atomic E-state index is 10.0. The minimum absolute atomic E-state index is 0.415. The fourth-order valence-corrected chi connectivity index (χ4v) is 2.61. The van der Waals surface area contributed by atoms with Crippen LogP contribution in [-0.2, 0) is 13.0 Å². The normalized spacial score (nSPS) is 12.3. The summed E-state index contributed by atoms with van der Waals surface area (Å²) in [6.45, 7) is 6.33. The van der Waals surface area contributed by atoms with Gasteiger partial charge >= 0.3 is 0 Å². The van der Waals surface area contributed by atoms with Crippen molar-refractivity contribution < 1.29 is 5.11 Å². The first kappa shape index (κ1) is 17.2. The van der Waals surface area contributed by atoms with E-state index in [1.807, 2.05) is 51.1 Å². The zero-order valence-corrected chi connectivity index (χ0v) is 14.8. The molecule has 0 aliphatic heterocycles. The summed E-state index contributed by atoms with van der Waals surface area (Å²) < 4.78 is 1.76. The van der Waals surface area contributed by atoms with E-state index in [1.54, 1.807) is 10.9 Å². The molecule has 1 atom stereocenters. The molecule has 1 aromatic carbocycles. The van der Waals surface area contributed by atoms with Crippen LogP contribution in [0.15, 0.2) is 36.5 Å². The van der Waals surface area contributed by atoms with E-state index in [1.165, 1.54) is 0 Å². The van der Waals surface area contributed by atoms with Crippen molar-refractivity contribution in [2.45, 2.75) is 46.3 Å². The molecule has 2 heterocycles. The fourth-order valence-electron chi connectivity index (χ4n) is 2.61. The maximum Gasteiger partial charge on any atom is 0.161 e. The summed E-state index contributed by atoms with van der Waals surface area (Å²) in [4.78, 5) is 13.8. The number of rotatable bonds is 6. The number of aromatic nitrogens is 5. The SMILES string of the molecule is CCc1nc(-c2cnc(-c3ccccc3)nc2C)n(C[C@@H](O)CC)n1. The van der Waals surface area contributed by atoms with Gasteiger partial charge in [0.15, 0.2) is 17.5 Å². The first-order valence-corrected chi connectivity index (χ1v) is 8.63. The highest BCUT2D eigenvalue weighted by molar-refractivity contribution is 5.61. The Morgan fingerprint density at radius 2 is 1.88 bits per heavy atom. The zero-order valence-electron chi connectivity index (χ0n) is 14.8. The Hall–Kier alpha value is -2.60. The van der Waals surface area contributed by atoms with Gasteiger partial charge in [-0.2, -0.15) is 5.10 Å². The number of aliphatic hydroxyl groups is 1. The molecule has 0 amide bonds. The van der Waals surface area contributed by atoms with E-state index in [-0.39, 0.29) is 0 Å². The molecule has 0 saturated heterocycles. The van der Waals surface area contributed by atoms with Crippen LogP contribution in [-0.4, -0.2) is 35.9 Å². The third-order valence-electron chi connectivity index (χ3n) is 4.14. The lowest BCUT2D eigenvalue weighted by Gasteiger charge is -2.11. The number of nitrogens with zero attached hydrogens (tertiary/aromatic N) is 5. The van der Waals surface area contributed by atoms with Gasteiger partial charge in [-0.25, -0.2) is 19.6 Å². The molecular formula is C19H23N5O. The van der Waals surface area contributed by atoms with Gasteiger partial charge in [0.25, 0.3) is 0 Å². The van der Waals surface area contributed by atoms with Gasteiger partial charge in [-0.05, 0) is 13.3 Å². The lowest BCUT2D eigenvalue weighted by atomic mass is 10.2. The monoisotopic (exact) mass is 337 g/mol. The Balaban J connectivity index is 2.00. The summed E-state index contributed by atoms with van der Waals surface area (Å²) in [6, 6.07) is 9.89. The summed E-state index contributed by atoms with van der Waals surface area (Å²) in [5, 5.41) is 14.5. The fraction of sp³-hybridized carbons (Fsp3) is 0.368. The second kappa shape index (κ2) is 7.53. The van der Waals surface area contributed by atoms with Crippen LogP contribution in [0.1, 0.15) is 31.8 Å². The van der Waals surface area contributed by atoms with Crippen LogP contribution in [0.2, 0.25) is 0 Å². The van der Waals surface area contributed by atoms with Gasteiger partial charge in [-0.15, -0.1) is 0 Å². The van der Waals surface area contributed by atoms with E-state index in [0.717, 1.165) is 29.1 Å². The van der Waals surface area contributed by atoms with Gasteiger partial charge < -0.3 is 5.11 Å². The van der Waals surface area contributed by atoms with E-state index in [9.17, 15) is 5.11 Å². The number of hydrogen-bond donors (Lipinski definition) is 1. The van der Waals surface area contributed by atoms with Crippen LogP contribution in [0.3, 0.4) is 0 Å². The van der Waals surface area contributed by atoms with Gasteiger partial charge in [0.1, 0.15) is 0 Å². The standard InChI is InChI=1S/C19H23N5O/c1-4-15(25)12-24-19(22-17(5-2)23-24)16-11-20-18(21-13(16)3)14-9-7-6-8-10-14/h6-11,15,25H,4-5,12H2,1-3H3/t15-/m0/s1. The van der Waals surface area contributed by atoms with Crippen molar-refractivity contribution in [1.82, 2.24) is 24.7 Å². The summed E-state index contributed by atoms with van der Waals surface area (Å²) in [6.07, 6.45) is 2.76. The van der Waals surface area contributed by atoms with E-state index in [4.69, 9.17) is 0 Å². The highest BCUT2D eigenvalue weighted by Crippen LogP contribution is 2.23. The highest BCUT2D eigenvalue weighted by Gasteiger charge is 2.17. The Morgan fingerprint density at radius 3 is 2.52 bits per heavy atom. The van der Waals surface area contributed by atoms with Crippen LogP contribution in [0.4, 0.5) is 0 Å². The molecule has 130 valence electrons. The van der Waals surface area contributed by atoms with Crippen LogP contribution in [0.5, 0.6) is 0 Å². The predicted molar refractivity (Wildman–Crippen MR) is 96.9 cm³/mol. The van der Waals surface area contributed by atoms with E-state index < -0.39 is 6.10 Å². The van der Waals surface area contributed by atoms with Crippen molar-refractivity contribution in [2.75, 3.05) is 0 Å². The first-order valence-electron chi connectivity index (χ1n) is 8.63. The molecule has 6 nitrogen and oxygen atoms in total. The lowest BCUT2D eigenvalue weighted by Crippen LogP contribution is -2.17. The van der Waals surface area contributed by atoms with E-state index in [0.29, 0.717) is 24.6 Å². The van der Waals surface area contributed by atoms with Crippen LogP contribution in [0.25, 0.3) is 22.8 Å². The summed E-state index contributed by atoms with van der Waals surface area (Å²) in [7, 11) is 0. The van der Waals surface area contributed by atoms with Crippen molar-refractivity contribution in [3.05, 3.63) is 48.0 Å². The average molecular weight is 337 g/mol. The van der Waals surface area contributed by atoms with Gasteiger partial charge in [0, 0.05) is 18.2 Å². The molecule has 0 aliphatic carbocycles. The quantitative estimate of drug-likeness (QED) is 0.748. The predicted octanol–water partition coefficient (Wildman–Crippen LogP) is 3.04. The third-order valence-corrected chi connectivity index (χ3v) is 4.14. The molecule has 3 rings (SSSR count). The second-order valence-electron chi connectivity index (χ2n) is 6.01. The largest absolute Gasteiger partial charge is 0.391 e. The molecule has 0 saturated carbocycles. The third kappa shape index (κ3) is 3.74. The molecule has 0 spiro atoms. The molecule has 0 unspecified atom stereocenters. The Labute approximate surface area is 147 Å². The van der Waals surface area contributed by atoms with Gasteiger partial charge in [0.05, 0.1) is 23.9 Å². The summed E-state index contributed by atoms with van der Waals surface area (Å²) >= 11 is 0. The average Bonchev–Trinajstić information content (AvgIpc) is 3.04. The van der Waals surface area contributed by atoms with Crippen molar-refractivity contribution >= 4 is 0 Å². The molecule has 0 fully saturated rings. The molecule has 1 N–H and O–H groups in total. The maximum atomic E-state index is 10.0. The minimum Gasteiger partial charge on any atom is -0.391 e. The van der Waals surface area contributed by atoms with Gasteiger partial charge in [-0.3, -0.25) is 0 Å². The topological polar surface area (TPSA) is 76.7 Å². The van der Waals surface area contributed by atoms with Crippen LogP contribution < -0.4 is 0 Å². The Morgan fingerprint density at radius 1 is 1.12 bits per heavy atom. The number of benzene rings is 1. The zero-order chi connectivity index (χ0) is 17.8. The second-order valence-corrected chi connectivity index (χ2v) is 6.01. The number of hydrogen-bond acceptors (Lipinski definition) is 5. The molecular weight excluding hydrogens is 314 g/mol. The van der Waals surface area contributed by atoms with Gasteiger partial charge in [0.2, 0.25) is 0 Å². The smallest absolute Gasteiger partial charge is 0.161 e. The van der Waals surface area contributed by atoms with Crippen molar-refractivity contribution in [3.63, 3.8) is 0 Å². The molecule has 25 heavy (non-hydrogen) atoms. The van der Waals surface area contributed by atoms with Crippen molar-refractivity contribution in [3.8, 4) is 22.8 Å². The highest BCUT2D eigenvalue weighted by atomic mass is 16.3. The minimum atomic E-state index is -0.449. The molecule has 2 aromatic heterocycles. The molecule has 6 heteroatoms. The molecule has 3 aromatic rings. The molecule has 0 aliphatic rings. The Kier molecular flexibility index (Phi) is 5.19. The van der Waals surface area contributed by atoms with Crippen molar-refractivity contribution in [1.29, 1.82) is 0 Å². The van der Waals surface area contributed by atoms with E-state index >= 15 is 0 Å². The van der Waals surface area contributed by atoms with Crippen LogP contribution >= 0.6 is 0 Å². The number of aliphatic hydroxyl groups excluding tert-OH is 1. The Bertz CT molecular complexity index is 844. The first-order chi connectivity index (χ1) is 12.1. The van der Waals surface area contributed by atoms with Crippen molar-refractivity contribution in [2.24, 2.45) is 0 Å². The molecule has 0 radical (unpaired) electrons. The summed E-state index contributed by atoms with van der Waals surface area (Å²) in [5.74, 6) is 2.16. The molecule has 0 bridgehead atoms. The van der Waals surface area contributed by atoms with E-state index in [2.05, 4.69) is 20.1 Å².